The summed E-state index contributed by atoms with van der Waals surface area (Å²) in [4.78, 5) is 10.7. The van der Waals surface area contributed by atoms with Crippen LogP contribution in [0.5, 0.6) is 0 Å². The molecule has 0 aromatic heterocycles. The smallest absolute Gasteiger partial charge is 0.160 e. The Morgan fingerprint density at radius 3 is 2.18 bits per heavy atom. The highest BCUT2D eigenvalue weighted by atomic mass is 79.9. The second-order valence-corrected chi connectivity index (χ2v) is 3.43. The SMILES string of the molecule is C=CC(=O)CC[N+](C)(C)C.[Br-]. The molecule has 0 rings (SSSR count). The van der Waals surface area contributed by atoms with E-state index in [0.29, 0.717) is 6.42 Å². The number of ketones is 1. The van der Waals surface area contributed by atoms with Crippen molar-refractivity contribution < 1.29 is 26.3 Å². The summed E-state index contributed by atoms with van der Waals surface area (Å²) in [5.41, 5.74) is 0. The molecule has 0 saturated carbocycles. The fourth-order valence-corrected chi connectivity index (χ4v) is 0.548. The molecule has 66 valence electrons. The summed E-state index contributed by atoms with van der Waals surface area (Å²) in [6, 6.07) is 0. The zero-order chi connectivity index (χ0) is 8.20. The van der Waals surface area contributed by atoms with Gasteiger partial charge in [0.05, 0.1) is 34.1 Å². The molecule has 11 heavy (non-hydrogen) atoms. The molecule has 0 heterocycles. The van der Waals surface area contributed by atoms with Crippen molar-refractivity contribution in [2.75, 3.05) is 27.7 Å². The maximum Gasteiger partial charge on any atom is 0.160 e. The molecular weight excluding hydrogens is 206 g/mol. The Morgan fingerprint density at radius 1 is 1.45 bits per heavy atom. The first-order valence-corrected chi connectivity index (χ1v) is 3.41. The highest BCUT2D eigenvalue weighted by Crippen LogP contribution is 1.94. The van der Waals surface area contributed by atoms with Crippen LogP contribution < -0.4 is 17.0 Å². The van der Waals surface area contributed by atoms with Crippen LogP contribution in [0.4, 0.5) is 0 Å². The van der Waals surface area contributed by atoms with Gasteiger partial charge in [-0.3, -0.25) is 4.79 Å². The average Bonchev–Trinajstić information content (AvgIpc) is 1.81. The van der Waals surface area contributed by atoms with E-state index in [4.69, 9.17) is 0 Å². The van der Waals surface area contributed by atoms with Crippen molar-refractivity contribution >= 4 is 5.78 Å². The molecule has 2 nitrogen and oxygen atoms in total. The Labute approximate surface area is 79.2 Å². The van der Waals surface area contributed by atoms with Gasteiger partial charge in [0.2, 0.25) is 0 Å². The first kappa shape index (κ1) is 13.4. The quantitative estimate of drug-likeness (QED) is 0.391. The van der Waals surface area contributed by atoms with Crippen molar-refractivity contribution in [3.05, 3.63) is 12.7 Å². The largest absolute Gasteiger partial charge is 1.00 e. The number of allylic oxidation sites excluding steroid dienone is 1. The van der Waals surface area contributed by atoms with E-state index < -0.39 is 0 Å². The lowest BCUT2D eigenvalue weighted by molar-refractivity contribution is -0.869. The highest BCUT2D eigenvalue weighted by Gasteiger charge is 2.07. The molecule has 0 aromatic rings. The van der Waals surface area contributed by atoms with Gasteiger partial charge in [0.25, 0.3) is 0 Å². The summed E-state index contributed by atoms with van der Waals surface area (Å²) in [5.74, 6) is 0.132. The molecule has 0 aromatic carbocycles. The summed E-state index contributed by atoms with van der Waals surface area (Å²) < 4.78 is 0.833. The summed E-state index contributed by atoms with van der Waals surface area (Å²) in [6.45, 7) is 4.28. The Bertz CT molecular complexity index is 138. The van der Waals surface area contributed by atoms with Crippen molar-refractivity contribution in [3.63, 3.8) is 0 Å². The topological polar surface area (TPSA) is 17.1 Å². The van der Waals surface area contributed by atoms with Crippen molar-refractivity contribution in [2.24, 2.45) is 0 Å². The molecule has 0 spiro atoms. The second kappa shape index (κ2) is 5.49. The zero-order valence-corrected chi connectivity index (χ0v) is 9.02. The van der Waals surface area contributed by atoms with Crippen LogP contribution in [0.15, 0.2) is 12.7 Å². The van der Waals surface area contributed by atoms with E-state index in [1.54, 1.807) is 0 Å². The van der Waals surface area contributed by atoms with E-state index in [9.17, 15) is 4.79 Å². The number of carbonyl (C=O) groups is 1. The number of carbonyl (C=O) groups excluding carboxylic acids is 1. The summed E-state index contributed by atoms with van der Waals surface area (Å²) >= 11 is 0. The van der Waals surface area contributed by atoms with Crippen LogP contribution in [0.25, 0.3) is 0 Å². The van der Waals surface area contributed by atoms with Crippen LogP contribution in [-0.4, -0.2) is 38.0 Å². The third kappa shape index (κ3) is 9.85. The van der Waals surface area contributed by atoms with E-state index in [-0.39, 0.29) is 22.8 Å². The lowest BCUT2D eigenvalue weighted by Crippen LogP contribution is -3.00. The van der Waals surface area contributed by atoms with Crippen LogP contribution in [0.3, 0.4) is 0 Å². The Kier molecular flexibility index (Phi) is 6.71. The first-order valence-electron chi connectivity index (χ1n) is 3.41. The van der Waals surface area contributed by atoms with Crippen LogP contribution in [0.2, 0.25) is 0 Å². The van der Waals surface area contributed by atoms with Gasteiger partial charge in [-0.25, -0.2) is 0 Å². The van der Waals surface area contributed by atoms with Crippen LogP contribution in [0.1, 0.15) is 6.42 Å². The van der Waals surface area contributed by atoms with E-state index in [0.717, 1.165) is 11.0 Å². The Balaban J connectivity index is 0. The molecule has 0 atom stereocenters. The third-order valence-electron chi connectivity index (χ3n) is 1.26. The van der Waals surface area contributed by atoms with Crippen LogP contribution >= 0.6 is 0 Å². The predicted molar refractivity (Wildman–Crippen MR) is 42.7 cm³/mol. The molecule has 0 unspecified atom stereocenters. The van der Waals surface area contributed by atoms with Gasteiger partial charge < -0.3 is 21.5 Å². The highest BCUT2D eigenvalue weighted by molar-refractivity contribution is 5.89. The third-order valence-corrected chi connectivity index (χ3v) is 1.26. The van der Waals surface area contributed by atoms with Gasteiger partial charge in [-0.05, 0) is 6.08 Å². The number of halogens is 1. The van der Waals surface area contributed by atoms with Crippen molar-refractivity contribution in [2.45, 2.75) is 6.42 Å². The predicted octanol–water partition coefficient (Wildman–Crippen LogP) is -2.16. The van der Waals surface area contributed by atoms with Crippen LogP contribution in [0, 0.1) is 0 Å². The first-order chi connectivity index (χ1) is 4.45. The number of quaternary nitrogens is 1. The van der Waals surface area contributed by atoms with E-state index in [2.05, 4.69) is 27.7 Å². The van der Waals surface area contributed by atoms with Crippen molar-refractivity contribution in [1.29, 1.82) is 0 Å². The van der Waals surface area contributed by atoms with Crippen molar-refractivity contribution in [3.8, 4) is 0 Å². The number of rotatable bonds is 4. The number of nitrogens with zero attached hydrogens (tertiary/aromatic N) is 1. The molecule has 0 saturated heterocycles. The molecule has 0 amide bonds. The maximum absolute atomic E-state index is 10.7. The lowest BCUT2D eigenvalue weighted by Gasteiger charge is -2.22. The van der Waals surface area contributed by atoms with E-state index in [1.165, 1.54) is 6.08 Å². The van der Waals surface area contributed by atoms with Gasteiger partial charge in [0, 0.05) is 0 Å². The monoisotopic (exact) mass is 221 g/mol. The number of hydrogen-bond donors (Lipinski definition) is 0. The minimum Gasteiger partial charge on any atom is -1.00 e. The molecule has 0 N–H and O–H groups in total. The molecule has 0 radical (unpaired) electrons. The van der Waals surface area contributed by atoms with E-state index >= 15 is 0 Å². The molecule has 0 aliphatic carbocycles. The standard InChI is InChI=1S/C8H16NO.BrH/c1-5-8(10)6-7-9(2,3)4;/h5H,1,6-7H2,2-4H3;1H/q+1;/p-1. The fourth-order valence-electron chi connectivity index (χ4n) is 0.548. The lowest BCUT2D eigenvalue weighted by atomic mass is 10.2. The van der Waals surface area contributed by atoms with Gasteiger partial charge in [-0.15, -0.1) is 0 Å². The molecule has 3 heteroatoms. The molecule has 0 fully saturated rings. The van der Waals surface area contributed by atoms with Gasteiger partial charge in [0.15, 0.2) is 5.78 Å². The minimum atomic E-state index is 0. The second-order valence-electron chi connectivity index (χ2n) is 3.43. The maximum atomic E-state index is 10.7. The average molecular weight is 222 g/mol. The van der Waals surface area contributed by atoms with Gasteiger partial charge in [0.1, 0.15) is 0 Å². The molecular formula is C8H16BrNO. The van der Waals surface area contributed by atoms with E-state index in [1.807, 2.05) is 0 Å². The summed E-state index contributed by atoms with van der Waals surface area (Å²) in [6.07, 6.45) is 1.99. The van der Waals surface area contributed by atoms with Gasteiger partial charge in [-0.1, -0.05) is 6.58 Å². The number of hydrogen-bond acceptors (Lipinski definition) is 1. The summed E-state index contributed by atoms with van der Waals surface area (Å²) in [7, 11) is 6.20. The molecule has 0 aliphatic heterocycles. The molecule has 0 aliphatic rings. The minimum absolute atomic E-state index is 0. The van der Waals surface area contributed by atoms with Gasteiger partial charge in [-0.2, -0.15) is 0 Å². The fraction of sp³-hybridized carbons (Fsp3) is 0.625. The Hall–Kier alpha value is -0.150. The van der Waals surface area contributed by atoms with Gasteiger partial charge >= 0.3 is 0 Å². The molecule has 0 bridgehead atoms. The normalized spacial score (nSPS) is 10.1. The zero-order valence-electron chi connectivity index (χ0n) is 7.43. The van der Waals surface area contributed by atoms with Crippen molar-refractivity contribution in [1.82, 2.24) is 0 Å². The Morgan fingerprint density at radius 2 is 1.91 bits per heavy atom. The van der Waals surface area contributed by atoms with Crippen LogP contribution in [-0.2, 0) is 4.79 Å². The summed E-state index contributed by atoms with van der Waals surface area (Å²) in [5, 5.41) is 0.